The monoisotopic (exact) mass is 492 g/mol. The van der Waals surface area contributed by atoms with Crippen LogP contribution in [0.1, 0.15) is 44.3 Å². The van der Waals surface area contributed by atoms with Gasteiger partial charge in [0.15, 0.2) is 0 Å². The molecular weight excluding hydrogens is 464 g/mol. The highest BCUT2D eigenvalue weighted by Crippen LogP contribution is 2.36. The summed E-state index contributed by atoms with van der Waals surface area (Å²) in [6.07, 6.45) is 5.32. The molecule has 3 aromatic rings. The predicted molar refractivity (Wildman–Crippen MR) is 131 cm³/mol. The Morgan fingerprint density at radius 3 is 2.36 bits per heavy atom. The molecule has 0 saturated heterocycles. The van der Waals surface area contributed by atoms with Crippen molar-refractivity contribution in [2.45, 2.75) is 44.3 Å². The highest BCUT2D eigenvalue weighted by Gasteiger charge is 2.23. The number of aromatic nitrogens is 5. The number of hydrogen-bond donors (Lipinski definition) is 2. The molecule has 0 aliphatic carbocycles. The van der Waals surface area contributed by atoms with Gasteiger partial charge in [-0.15, -0.1) is 10.2 Å². The Hall–Kier alpha value is -2.56. The molecule has 2 unspecified atom stereocenters. The maximum absolute atomic E-state index is 9.19. The van der Waals surface area contributed by atoms with Gasteiger partial charge in [0, 0.05) is 36.6 Å². The summed E-state index contributed by atoms with van der Waals surface area (Å²) in [4.78, 5) is 8.68. The lowest BCUT2D eigenvalue weighted by Gasteiger charge is -2.20. The van der Waals surface area contributed by atoms with Crippen molar-refractivity contribution in [3.63, 3.8) is 0 Å². The molecule has 11 heteroatoms. The number of anilines is 1. The van der Waals surface area contributed by atoms with Crippen molar-refractivity contribution in [2.75, 3.05) is 25.5 Å². The quantitative estimate of drug-likeness (QED) is 0.282. The first kappa shape index (κ1) is 25.1. The molecule has 0 radical (unpaired) electrons. The van der Waals surface area contributed by atoms with Crippen LogP contribution in [0, 0.1) is 0 Å². The lowest BCUT2D eigenvalue weighted by molar-refractivity contribution is 0.284. The zero-order valence-electron chi connectivity index (χ0n) is 19.2. The summed E-state index contributed by atoms with van der Waals surface area (Å²) < 4.78 is 16.5. The van der Waals surface area contributed by atoms with Crippen molar-refractivity contribution in [1.29, 1.82) is 0 Å². The molecule has 2 N–H and O–H groups in total. The number of aliphatic hydroxyl groups is 1. The van der Waals surface area contributed by atoms with Gasteiger partial charge >= 0.3 is 0 Å². The first-order chi connectivity index (χ1) is 16.0. The van der Waals surface area contributed by atoms with Crippen LogP contribution in [0.5, 0.6) is 11.5 Å². The number of rotatable bonds is 12. The Bertz CT molecular complexity index is 1010. The Balaban J connectivity index is 1.89. The summed E-state index contributed by atoms with van der Waals surface area (Å²) in [6, 6.07) is 5.61. The molecule has 9 nitrogen and oxygen atoms in total. The number of hydrogen-bond acceptors (Lipinski definition) is 9. The Kier molecular flexibility index (Phi) is 9.16. The zero-order valence-corrected chi connectivity index (χ0v) is 20.7. The summed E-state index contributed by atoms with van der Waals surface area (Å²) in [7, 11) is 3.23. The maximum atomic E-state index is 9.19. The van der Waals surface area contributed by atoms with E-state index in [4.69, 9.17) is 21.1 Å². The van der Waals surface area contributed by atoms with Crippen LogP contribution in [0.25, 0.3) is 5.69 Å². The van der Waals surface area contributed by atoms with Crippen LogP contribution in [-0.4, -0.2) is 55.9 Å². The average molecular weight is 493 g/mol. The number of para-hydroxylation sites is 1. The molecule has 2 heterocycles. The molecule has 3 rings (SSSR count). The second kappa shape index (κ2) is 12.1. The first-order valence-corrected chi connectivity index (χ1v) is 11.9. The Morgan fingerprint density at radius 2 is 1.76 bits per heavy atom. The Morgan fingerprint density at radius 1 is 1.09 bits per heavy atom. The number of nitrogens with one attached hydrogen (secondary N) is 1. The summed E-state index contributed by atoms with van der Waals surface area (Å²) in [5, 5.41) is 18.6. The molecule has 0 fully saturated rings. The lowest BCUT2D eigenvalue weighted by atomic mass is 10.1. The van der Waals surface area contributed by atoms with Gasteiger partial charge in [0.25, 0.3) is 0 Å². The third-order valence-electron chi connectivity index (χ3n) is 5.25. The van der Waals surface area contributed by atoms with Crippen LogP contribution in [0.2, 0.25) is 5.02 Å². The molecular formula is C22H29ClN6O3S. The standard InChI is InChI=1S/C22H29ClN6O3S/c1-14(21-24-12-16(23)13-25-21)15(2)33-28-22-27-26-19(10-5-6-11-30)29(22)20-17(31-3)8-7-9-18(20)32-4/h7-9,12-15,30H,5-6,10-11H2,1-4H3,(H,27,28). The minimum atomic E-state index is 0.0703. The smallest absolute Gasteiger partial charge is 0.239 e. The van der Waals surface area contributed by atoms with Gasteiger partial charge in [-0.05, 0) is 36.9 Å². The number of ether oxygens (including phenoxy) is 2. The molecule has 0 bridgehead atoms. The molecule has 0 spiro atoms. The Labute approximate surface area is 203 Å². The number of unbranched alkanes of at least 4 members (excludes halogenated alkanes) is 1. The van der Waals surface area contributed by atoms with Gasteiger partial charge in [-0.2, -0.15) is 0 Å². The molecule has 178 valence electrons. The molecule has 1 aromatic carbocycles. The molecule has 0 saturated carbocycles. The number of benzene rings is 1. The largest absolute Gasteiger partial charge is 0.494 e. The van der Waals surface area contributed by atoms with Gasteiger partial charge in [-0.1, -0.05) is 31.5 Å². The van der Waals surface area contributed by atoms with Crippen LogP contribution in [0.3, 0.4) is 0 Å². The second-order valence-electron chi connectivity index (χ2n) is 7.44. The lowest BCUT2D eigenvalue weighted by Crippen LogP contribution is -2.15. The molecule has 33 heavy (non-hydrogen) atoms. The van der Waals surface area contributed by atoms with E-state index in [1.807, 2.05) is 22.8 Å². The molecule has 0 aliphatic rings. The first-order valence-electron chi connectivity index (χ1n) is 10.7. The number of aliphatic hydroxyl groups excluding tert-OH is 1. The molecule has 0 amide bonds. The SMILES string of the molecule is COc1cccc(OC)c1-n1c(CCCCO)nnc1NSC(C)C(C)c1ncc(Cl)cn1. The van der Waals surface area contributed by atoms with Crippen LogP contribution in [0.4, 0.5) is 5.95 Å². The highest BCUT2D eigenvalue weighted by atomic mass is 35.5. The van der Waals surface area contributed by atoms with E-state index >= 15 is 0 Å². The van der Waals surface area contributed by atoms with E-state index in [9.17, 15) is 5.11 Å². The van der Waals surface area contributed by atoms with Gasteiger partial charge < -0.3 is 14.6 Å². The van der Waals surface area contributed by atoms with Gasteiger partial charge in [0.2, 0.25) is 5.95 Å². The van der Waals surface area contributed by atoms with Crippen LogP contribution >= 0.6 is 23.5 Å². The normalized spacial score (nSPS) is 12.9. The fraction of sp³-hybridized carbons (Fsp3) is 0.455. The average Bonchev–Trinajstić information content (AvgIpc) is 3.24. The zero-order chi connectivity index (χ0) is 23.8. The van der Waals surface area contributed by atoms with Crippen molar-refractivity contribution in [2.24, 2.45) is 0 Å². The van der Waals surface area contributed by atoms with Crippen molar-refractivity contribution in [1.82, 2.24) is 24.7 Å². The van der Waals surface area contributed by atoms with Crippen molar-refractivity contribution < 1.29 is 14.6 Å². The van der Waals surface area contributed by atoms with Gasteiger partial charge in [0.1, 0.15) is 28.8 Å². The van der Waals surface area contributed by atoms with Gasteiger partial charge in [0.05, 0.1) is 19.2 Å². The molecule has 2 aromatic heterocycles. The number of aryl methyl sites for hydroxylation is 1. The molecule has 0 aliphatic heterocycles. The molecule has 2 atom stereocenters. The topological polar surface area (TPSA) is 107 Å². The van der Waals surface area contributed by atoms with Crippen molar-refractivity contribution >= 4 is 29.5 Å². The minimum absolute atomic E-state index is 0.0703. The van der Waals surface area contributed by atoms with Gasteiger partial charge in [-0.25, -0.2) is 9.97 Å². The van der Waals surface area contributed by atoms with Gasteiger partial charge in [-0.3, -0.25) is 9.29 Å². The van der Waals surface area contributed by atoms with E-state index in [-0.39, 0.29) is 17.8 Å². The summed E-state index contributed by atoms with van der Waals surface area (Å²) in [5.74, 6) is 3.37. The highest BCUT2D eigenvalue weighted by molar-refractivity contribution is 8.01. The number of halogens is 1. The number of methoxy groups -OCH3 is 2. The van der Waals surface area contributed by atoms with E-state index in [0.717, 1.165) is 23.8 Å². The van der Waals surface area contributed by atoms with E-state index in [0.29, 0.717) is 35.3 Å². The fourth-order valence-electron chi connectivity index (χ4n) is 3.24. The maximum Gasteiger partial charge on any atom is 0.239 e. The second-order valence-corrected chi connectivity index (χ2v) is 9.06. The van der Waals surface area contributed by atoms with E-state index in [1.165, 1.54) is 11.9 Å². The van der Waals surface area contributed by atoms with E-state index < -0.39 is 0 Å². The third kappa shape index (κ3) is 6.07. The number of nitrogens with zero attached hydrogens (tertiary/aromatic N) is 5. The van der Waals surface area contributed by atoms with E-state index in [2.05, 4.69) is 38.7 Å². The van der Waals surface area contributed by atoms with Crippen molar-refractivity contribution in [3.05, 3.63) is 47.3 Å². The summed E-state index contributed by atoms with van der Waals surface area (Å²) in [5.41, 5.74) is 0.719. The van der Waals surface area contributed by atoms with Crippen molar-refractivity contribution in [3.8, 4) is 17.2 Å². The van der Waals surface area contributed by atoms with Crippen LogP contribution < -0.4 is 14.2 Å². The van der Waals surface area contributed by atoms with E-state index in [1.54, 1.807) is 26.6 Å². The fourth-order valence-corrected chi connectivity index (χ4v) is 4.09. The summed E-state index contributed by atoms with van der Waals surface area (Å²) >= 11 is 7.42. The predicted octanol–water partition coefficient (Wildman–Crippen LogP) is 4.30. The summed E-state index contributed by atoms with van der Waals surface area (Å²) in [6.45, 7) is 4.29. The minimum Gasteiger partial charge on any atom is -0.494 e. The van der Waals surface area contributed by atoms with Crippen LogP contribution in [-0.2, 0) is 6.42 Å². The third-order valence-corrected chi connectivity index (χ3v) is 6.53. The van der Waals surface area contributed by atoms with Crippen LogP contribution in [0.15, 0.2) is 30.6 Å².